The zero-order chi connectivity index (χ0) is 16.6. The first kappa shape index (κ1) is 15.3. The van der Waals surface area contributed by atoms with Gasteiger partial charge in [0.25, 0.3) is 11.5 Å². The van der Waals surface area contributed by atoms with Crippen LogP contribution in [0.15, 0.2) is 41.2 Å². The topological polar surface area (TPSA) is 67.2 Å². The van der Waals surface area contributed by atoms with Gasteiger partial charge in [-0.15, -0.1) is 0 Å². The number of hydrogen-bond acceptors (Lipinski definition) is 4. The Morgan fingerprint density at radius 2 is 2.00 bits per heavy atom. The first-order valence-corrected chi connectivity index (χ1v) is 7.69. The van der Waals surface area contributed by atoms with E-state index in [-0.39, 0.29) is 23.2 Å². The second kappa shape index (κ2) is 5.87. The van der Waals surface area contributed by atoms with Gasteiger partial charge in [0, 0.05) is 25.7 Å². The number of fused-ring (bicyclic) bond motifs is 1. The van der Waals surface area contributed by atoms with Crippen LogP contribution in [0.5, 0.6) is 0 Å². The van der Waals surface area contributed by atoms with Gasteiger partial charge in [0.1, 0.15) is 5.69 Å². The van der Waals surface area contributed by atoms with Gasteiger partial charge in [0.15, 0.2) is 0 Å². The number of rotatable bonds is 2. The van der Waals surface area contributed by atoms with E-state index in [2.05, 4.69) is 24.3 Å². The number of nitrogens with one attached hydrogen (secondary N) is 1. The van der Waals surface area contributed by atoms with E-state index in [1.54, 1.807) is 11.9 Å². The van der Waals surface area contributed by atoms with Crippen molar-refractivity contribution >= 4 is 17.3 Å². The van der Waals surface area contributed by atoms with Gasteiger partial charge in [-0.3, -0.25) is 9.59 Å². The van der Waals surface area contributed by atoms with Crippen LogP contribution in [0.3, 0.4) is 0 Å². The molecule has 120 valence electrons. The van der Waals surface area contributed by atoms with E-state index in [9.17, 15) is 9.59 Å². The van der Waals surface area contributed by atoms with Crippen LogP contribution in [-0.4, -0.2) is 28.3 Å². The molecule has 1 aromatic heterocycles. The maximum absolute atomic E-state index is 12.9. The molecular weight excluding hydrogens is 292 g/mol. The molecular formula is C17H20N4O2. The number of carbonyl (C=O) groups is 1. The normalized spacial score (nSPS) is 16.9. The summed E-state index contributed by atoms with van der Waals surface area (Å²) < 4.78 is 1.18. The van der Waals surface area contributed by atoms with Crippen molar-refractivity contribution in [2.45, 2.75) is 19.9 Å². The molecule has 1 unspecified atom stereocenters. The van der Waals surface area contributed by atoms with E-state index in [4.69, 9.17) is 0 Å². The van der Waals surface area contributed by atoms with Crippen LogP contribution in [-0.2, 0) is 7.05 Å². The number of hydrogen-bond donors (Lipinski definition) is 1. The summed E-state index contributed by atoms with van der Waals surface area (Å²) in [5.74, 6) is 0.187. The zero-order valence-electron chi connectivity index (χ0n) is 13.5. The Balaban J connectivity index is 2.01. The SMILES string of the molecule is CC(C)C1CN(C(=O)c2ccc(=O)n(C)n2)c2ccccc2N1. The number of nitrogens with zero attached hydrogens (tertiary/aromatic N) is 3. The summed E-state index contributed by atoms with van der Waals surface area (Å²) in [6.45, 7) is 4.81. The molecule has 0 saturated heterocycles. The van der Waals surface area contributed by atoms with Gasteiger partial charge in [-0.2, -0.15) is 5.10 Å². The fraction of sp³-hybridized carbons (Fsp3) is 0.353. The molecule has 1 aliphatic heterocycles. The third kappa shape index (κ3) is 2.84. The highest BCUT2D eigenvalue weighted by atomic mass is 16.2. The predicted octanol–water partition coefficient (Wildman–Crippen LogP) is 1.88. The molecule has 1 aromatic carbocycles. The molecule has 1 atom stereocenters. The Bertz CT molecular complexity index is 797. The average molecular weight is 312 g/mol. The minimum atomic E-state index is -0.234. The maximum atomic E-state index is 12.9. The van der Waals surface area contributed by atoms with Crippen LogP contribution in [0.2, 0.25) is 0 Å². The van der Waals surface area contributed by atoms with Crippen LogP contribution in [0.4, 0.5) is 11.4 Å². The Kier molecular flexibility index (Phi) is 3.90. The summed E-state index contributed by atoms with van der Waals surface area (Å²) in [5, 5.41) is 7.57. The Hall–Kier alpha value is -2.63. The molecule has 23 heavy (non-hydrogen) atoms. The molecule has 0 aliphatic carbocycles. The van der Waals surface area contributed by atoms with Crippen molar-refractivity contribution in [3.05, 3.63) is 52.4 Å². The minimum absolute atomic E-state index is 0.168. The lowest BCUT2D eigenvalue weighted by Crippen LogP contribution is -2.47. The second-order valence-corrected chi connectivity index (χ2v) is 6.11. The molecule has 1 aliphatic rings. The smallest absolute Gasteiger partial charge is 0.278 e. The number of carbonyl (C=O) groups excluding carboxylic acids is 1. The van der Waals surface area contributed by atoms with Gasteiger partial charge in [0.05, 0.1) is 11.4 Å². The highest BCUT2D eigenvalue weighted by molar-refractivity contribution is 6.07. The van der Waals surface area contributed by atoms with Crippen LogP contribution in [0.1, 0.15) is 24.3 Å². The Morgan fingerprint density at radius 1 is 1.26 bits per heavy atom. The van der Waals surface area contributed by atoms with Gasteiger partial charge in [0.2, 0.25) is 0 Å². The second-order valence-electron chi connectivity index (χ2n) is 6.11. The molecule has 0 saturated carbocycles. The first-order valence-electron chi connectivity index (χ1n) is 7.69. The number of aryl methyl sites for hydroxylation is 1. The Morgan fingerprint density at radius 3 is 2.70 bits per heavy atom. The van der Waals surface area contributed by atoms with E-state index in [0.29, 0.717) is 12.5 Å². The first-order chi connectivity index (χ1) is 11.0. The van der Waals surface area contributed by atoms with Gasteiger partial charge in [-0.25, -0.2) is 4.68 Å². The van der Waals surface area contributed by atoms with Gasteiger partial charge in [-0.05, 0) is 24.1 Å². The quantitative estimate of drug-likeness (QED) is 0.919. The molecule has 3 rings (SSSR count). The summed E-state index contributed by atoms with van der Waals surface area (Å²) in [6, 6.07) is 10.8. The third-order valence-corrected chi connectivity index (χ3v) is 4.14. The van der Waals surface area contributed by atoms with E-state index >= 15 is 0 Å². The summed E-state index contributed by atoms with van der Waals surface area (Å²) in [6.07, 6.45) is 0. The van der Waals surface area contributed by atoms with Crippen molar-refractivity contribution in [1.82, 2.24) is 9.78 Å². The highest BCUT2D eigenvalue weighted by Crippen LogP contribution is 2.32. The molecule has 0 bridgehead atoms. The lowest BCUT2D eigenvalue weighted by atomic mass is 9.99. The lowest BCUT2D eigenvalue weighted by molar-refractivity contribution is 0.0976. The van der Waals surface area contributed by atoms with Crippen molar-refractivity contribution in [2.24, 2.45) is 13.0 Å². The van der Waals surface area contributed by atoms with E-state index in [1.807, 2.05) is 24.3 Å². The van der Waals surface area contributed by atoms with E-state index < -0.39 is 0 Å². The standard InChI is InChI=1S/C17H20N4O2/c1-11(2)14-10-21(15-7-5-4-6-12(15)18-14)17(23)13-8-9-16(22)20(3)19-13/h4-9,11,14,18H,10H2,1-3H3. The molecule has 2 heterocycles. The fourth-order valence-corrected chi connectivity index (χ4v) is 2.70. The molecule has 0 fully saturated rings. The van der Waals surface area contributed by atoms with Gasteiger partial charge < -0.3 is 10.2 Å². The largest absolute Gasteiger partial charge is 0.379 e. The van der Waals surface area contributed by atoms with Crippen molar-refractivity contribution in [2.75, 3.05) is 16.8 Å². The molecule has 1 amide bonds. The molecule has 6 heteroatoms. The summed E-state index contributed by atoms with van der Waals surface area (Å²) in [5.41, 5.74) is 1.81. The van der Waals surface area contributed by atoms with E-state index in [1.165, 1.54) is 16.8 Å². The molecule has 0 spiro atoms. The summed E-state index contributed by atoms with van der Waals surface area (Å²) in [7, 11) is 1.54. The number of benzene rings is 1. The average Bonchev–Trinajstić information content (AvgIpc) is 2.55. The predicted molar refractivity (Wildman–Crippen MR) is 89.8 cm³/mol. The number of para-hydroxylation sites is 2. The van der Waals surface area contributed by atoms with Crippen LogP contribution >= 0.6 is 0 Å². The third-order valence-electron chi connectivity index (χ3n) is 4.14. The zero-order valence-corrected chi connectivity index (χ0v) is 13.5. The van der Waals surface area contributed by atoms with Crippen molar-refractivity contribution < 1.29 is 4.79 Å². The van der Waals surface area contributed by atoms with Crippen molar-refractivity contribution in [3.63, 3.8) is 0 Å². The summed E-state index contributed by atoms with van der Waals surface area (Å²) >= 11 is 0. The van der Waals surface area contributed by atoms with Gasteiger partial charge >= 0.3 is 0 Å². The fourth-order valence-electron chi connectivity index (χ4n) is 2.70. The summed E-state index contributed by atoms with van der Waals surface area (Å²) in [4.78, 5) is 26.1. The van der Waals surface area contributed by atoms with Crippen molar-refractivity contribution in [1.29, 1.82) is 0 Å². The molecule has 6 nitrogen and oxygen atoms in total. The maximum Gasteiger partial charge on any atom is 0.278 e. The number of anilines is 2. The molecule has 1 N–H and O–H groups in total. The minimum Gasteiger partial charge on any atom is -0.379 e. The molecule has 2 aromatic rings. The number of amides is 1. The van der Waals surface area contributed by atoms with Crippen LogP contribution < -0.4 is 15.8 Å². The van der Waals surface area contributed by atoms with Crippen molar-refractivity contribution in [3.8, 4) is 0 Å². The lowest BCUT2D eigenvalue weighted by Gasteiger charge is -2.37. The Labute approximate surface area is 134 Å². The highest BCUT2D eigenvalue weighted by Gasteiger charge is 2.30. The van der Waals surface area contributed by atoms with Gasteiger partial charge in [-0.1, -0.05) is 26.0 Å². The van der Waals surface area contributed by atoms with Crippen LogP contribution in [0.25, 0.3) is 0 Å². The van der Waals surface area contributed by atoms with E-state index in [0.717, 1.165) is 11.4 Å². The molecule has 0 radical (unpaired) electrons. The monoisotopic (exact) mass is 312 g/mol. The number of aromatic nitrogens is 2. The van der Waals surface area contributed by atoms with Crippen LogP contribution in [0, 0.1) is 5.92 Å².